The molecular weight excluding hydrogens is 301 g/mol. The number of hydrogen-bond donors (Lipinski definition) is 2. The van der Waals surface area contributed by atoms with Gasteiger partial charge >= 0.3 is 12.1 Å². The minimum atomic E-state index is -4.87. The summed E-state index contributed by atoms with van der Waals surface area (Å²) in [5, 5.41) is 5.26. The molecule has 1 aliphatic rings. The summed E-state index contributed by atoms with van der Waals surface area (Å²) in [6, 6.07) is 6.92. The van der Waals surface area contributed by atoms with Crippen molar-refractivity contribution in [1.29, 1.82) is 0 Å². The largest absolute Gasteiger partial charge is 0.471 e. The van der Waals surface area contributed by atoms with Crippen molar-refractivity contribution >= 4 is 23.4 Å². The standard InChI is InChI=1S/C14H17F3N2OS/c15-14(16,17)13(20)19-11-4-1-3-10(7-11)8-18-12-5-2-6-21-9-12/h1,3-4,7,12,18H,2,5-6,8-9H2,(H,19,20). The third-order valence-corrected chi connectivity index (χ3v) is 4.41. The van der Waals surface area contributed by atoms with Crippen molar-refractivity contribution in [1.82, 2.24) is 5.32 Å². The van der Waals surface area contributed by atoms with Crippen LogP contribution in [0.25, 0.3) is 0 Å². The van der Waals surface area contributed by atoms with Gasteiger partial charge in [0.25, 0.3) is 0 Å². The van der Waals surface area contributed by atoms with Crippen LogP contribution in [0.15, 0.2) is 24.3 Å². The summed E-state index contributed by atoms with van der Waals surface area (Å²) in [6.07, 6.45) is -2.56. The summed E-state index contributed by atoms with van der Waals surface area (Å²) in [6.45, 7) is 0.584. The average Bonchev–Trinajstić information content (AvgIpc) is 2.46. The van der Waals surface area contributed by atoms with Gasteiger partial charge in [0.05, 0.1) is 0 Å². The summed E-state index contributed by atoms with van der Waals surface area (Å²) in [7, 11) is 0. The van der Waals surface area contributed by atoms with Gasteiger partial charge in [0.15, 0.2) is 0 Å². The first-order chi connectivity index (χ1) is 9.95. The maximum atomic E-state index is 12.2. The zero-order valence-electron chi connectivity index (χ0n) is 11.4. The summed E-state index contributed by atoms with van der Waals surface area (Å²) in [4.78, 5) is 10.9. The molecule has 2 N–H and O–H groups in total. The predicted octanol–water partition coefficient (Wildman–Crippen LogP) is 3.17. The lowest BCUT2D eigenvalue weighted by atomic mass is 10.1. The van der Waals surface area contributed by atoms with Gasteiger partial charge in [0, 0.05) is 24.0 Å². The minimum Gasteiger partial charge on any atom is -0.318 e. The van der Waals surface area contributed by atoms with Crippen molar-refractivity contribution in [3.63, 3.8) is 0 Å². The Kier molecular flexibility index (Phi) is 5.52. The van der Waals surface area contributed by atoms with Crippen LogP contribution in [0.1, 0.15) is 18.4 Å². The number of thioether (sulfide) groups is 1. The van der Waals surface area contributed by atoms with Crippen molar-refractivity contribution < 1.29 is 18.0 Å². The van der Waals surface area contributed by atoms with Gasteiger partial charge in [-0.05, 0) is 36.3 Å². The Balaban J connectivity index is 1.89. The Labute approximate surface area is 125 Å². The van der Waals surface area contributed by atoms with Gasteiger partial charge in [0.2, 0.25) is 0 Å². The smallest absolute Gasteiger partial charge is 0.318 e. The highest BCUT2D eigenvalue weighted by Gasteiger charge is 2.38. The summed E-state index contributed by atoms with van der Waals surface area (Å²) in [5.41, 5.74) is 1.01. The van der Waals surface area contributed by atoms with Crippen molar-refractivity contribution in [2.75, 3.05) is 16.8 Å². The zero-order valence-corrected chi connectivity index (χ0v) is 12.2. The monoisotopic (exact) mass is 318 g/mol. The molecule has 0 aliphatic carbocycles. The van der Waals surface area contributed by atoms with Gasteiger partial charge in [-0.15, -0.1) is 0 Å². The maximum Gasteiger partial charge on any atom is 0.471 e. The van der Waals surface area contributed by atoms with E-state index in [-0.39, 0.29) is 5.69 Å². The van der Waals surface area contributed by atoms with Crippen LogP contribution in [-0.4, -0.2) is 29.6 Å². The quantitative estimate of drug-likeness (QED) is 0.896. The number of nitrogens with one attached hydrogen (secondary N) is 2. The number of benzene rings is 1. The van der Waals surface area contributed by atoms with Crippen molar-refractivity contribution in [3.8, 4) is 0 Å². The van der Waals surface area contributed by atoms with E-state index in [4.69, 9.17) is 0 Å². The number of halogens is 3. The van der Waals surface area contributed by atoms with E-state index in [9.17, 15) is 18.0 Å². The molecule has 21 heavy (non-hydrogen) atoms. The predicted molar refractivity (Wildman–Crippen MR) is 78.3 cm³/mol. The number of carbonyl (C=O) groups is 1. The molecule has 1 atom stereocenters. The molecule has 1 amide bonds. The van der Waals surface area contributed by atoms with Crippen molar-refractivity contribution in [3.05, 3.63) is 29.8 Å². The first-order valence-corrected chi connectivity index (χ1v) is 7.89. The molecule has 1 aromatic carbocycles. The molecule has 1 saturated heterocycles. The Morgan fingerprint density at radius 2 is 2.19 bits per heavy atom. The van der Waals surface area contributed by atoms with E-state index in [1.54, 1.807) is 12.1 Å². The van der Waals surface area contributed by atoms with Gasteiger partial charge in [-0.3, -0.25) is 4.79 Å². The second-order valence-electron chi connectivity index (χ2n) is 4.95. The van der Waals surface area contributed by atoms with E-state index in [2.05, 4.69) is 5.32 Å². The van der Waals surface area contributed by atoms with Gasteiger partial charge in [0.1, 0.15) is 0 Å². The topological polar surface area (TPSA) is 41.1 Å². The molecule has 0 saturated carbocycles. The third-order valence-electron chi connectivity index (χ3n) is 3.20. The summed E-state index contributed by atoms with van der Waals surface area (Å²) >= 11 is 1.91. The molecule has 0 spiro atoms. The number of hydrogen-bond acceptors (Lipinski definition) is 3. The molecule has 3 nitrogen and oxygen atoms in total. The van der Waals surface area contributed by atoms with Crippen LogP contribution in [0.3, 0.4) is 0 Å². The molecule has 0 bridgehead atoms. The van der Waals surface area contributed by atoms with Crippen LogP contribution in [-0.2, 0) is 11.3 Å². The van der Waals surface area contributed by atoms with E-state index < -0.39 is 12.1 Å². The van der Waals surface area contributed by atoms with Crippen LogP contribution in [0.2, 0.25) is 0 Å². The molecule has 1 unspecified atom stereocenters. The van der Waals surface area contributed by atoms with Gasteiger partial charge in [-0.25, -0.2) is 0 Å². The normalized spacial score (nSPS) is 19.3. The first kappa shape index (κ1) is 16.2. The van der Waals surface area contributed by atoms with Crippen molar-refractivity contribution in [2.45, 2.75) is 31.6 Å². The fourth-order valence-electron chi connectivity index (χ4n) is 2.12. The SMILES string of the molecule is O=C(Nc1cccc(CNC2CCCSC2)c1)C(F)(F)F. The number of carbonyl (C=O) groups excluding carboxylic acids is 1. The fourth-order valence-corrected chi connectivity index (χ4v) is 3.23. The molecule has 0 aromatic heterocycles. The number of amides is 1. The van der Waals surface area contributed by atoms with Gasteiger partial charge in [-0.2, -0.15) is 24.9 Å². The molecule has 116 valence electrons. The minimum absolute atomic E-state index is 0.162. The zero-order chi connectivity index (χ0) is 15.3. The maximum absolute atomic E-state index is 12.2. The summed E-state index contributed by atoms with van der Waals surface area (Å²) in [5.74, 6) is 0.304. The lowest BCUT2D eigenvalue weighted by Gasteiger charge is -2.22. The highest BCUT2D eigenvalue weighted by Crippen LogP contribution is 2.20. The fraction of sp³-hybridized carbons (Fsp3) is 0.500. The van der Waals surface area contributed by atoms with E-state index in [0.717, 1.165) is 17.7 Å². The lowest BCUT2D eigenvalue weighted by molar-refractivity contribution is -0.167. The molecule has 1 fully saturated rings. The lowest BCUT2D eigenvalue weighted by Crippen LogP contribution is -2.33. The second kappa shape index (κ2) is 7.17. The molecule has 1 heterocycles. The Morgan fingerprint density at radius 3 is 2.86 bits per heavy atom. The highest BCUT2D eigenvalue weighted by molar-refractivity contribution is 7.99. The van der Waals surface area contributed by atoms with Crippen LogP contribution < -0.4 is 10.6 Å². The van der Waals surface area contributed by atoms with E-state index in [1.165, 1.54) is 18.2 Å². The van der Waals surface area contributed by atoms with E-state index >= 15 is 0 Å². The van der Waals surface area contributed by atoms with Gasteiger partial charge in [-0.1, -0.05) is 12.1 Å². The van der Waals surface area contributed by atoms with Crippen LogP contribution in [0.4, 0.5) is 18.9 Å². The highest BCUT2D eigenvalue weighted by atomic mass is 32.2. The molecule has 7 heteroatoms. The van der Waals surface area contributed by atoms with Gasteiger partial charge < -0.3 is 10.6 Å². The summed E-state index contributed by atoms with van der Waals surface area (Å²) < 4.78 is 36.6. The second-order valence-corrected chi connectivity index (χ2v) is 6.10. The number of rotatable bonds is 4. The third kappa shape index (κ3) is 5.24. The first-order valence-electron chi connectivity index (χ1n) is 6.73. The average molecular weight is 318 g/mol. The Hall–Kier alpha value is -1.21. The molecule has 1 aromatic rings. The van der Waals surface area contributed by atoms with Crippen LogP contribution in [0.5, 0.6) is 0 Å². The molecule has 0 radical (unpaired) electrons. The van der Waals surface area contributed by atoms with Crippen LogP contribution in [0, 0.1) is 0 Å². The Morgan fingerprint density at radius 1 is 1.38 bits per heavy atom. The molecular formula is C14H17F3N2OS. The molecule has 1 aliphatic heterocycles. The number of alkyl halides is 3. The van der Waals surface area contributed by atoms with Crippen LogP contribution >= 0.6 is 11.8 Å². The molecule has 2 rings (SSSR count). The van der Waals surface area contributed by atoms with E-state index in [1.807, 2.05) is 23.1 Å². The Bertz CT molecular complexity index is 487. The van der Waals surface area contributed by atoms with E-state index in [0.29, 0.717) is 12.6 Å². The number of anilines is 1. The van der Waals surface area contributed by atoms with Crippen molar-refractivity contribution in [2.24, 2.45) is 0 Å².